The molecule has 1 rings (SSSR count). The first-order valence-electron chi connectivity index (χ1n) is 2.32. The summed E-state index contributed by atoms with van der Waals surface area (Å²) in [5, 5.41) is 8.64. The van der Waals surface area contributed by atoms with Crippen LogP contribution < -0.4 is 5.73 Å². The molecule has 7 heavy (non-hydrogen) atoms. The number of hydrogen-bond donors (Lipinski definition) is 2. The predicted octanol–water partition coefficient (Wildman–Crippen LogP) is -0.373. The Balaban J connectivity index is 2.14. The van der Waals surface area contributed by atoms with Crippen LogP contribution in [0.4, 0.5) is 0 Å². The van der Waals surface area contributed by atoms with Crippen LogP contribution in [0, 0.1) is 5.92 Å². The number of rotatable bonds is 1. The molecule has 0 aromatic rings. The molecule has 0 amide bonds. The van der Waals surface area contributed by atoms with E-state index >= 15 is 0 Å². The first kappa shape index (κ1) is 5.41. The maximum atomic E-state index is 8.64. The zero-order valence-corrected chi connectivity index (χ0v) is 4.82. The smallest absolute Gasteiger partial charge is 0.106 e. The fourth-order valence-corrected chi connectivity index (χ4v) is 1.35. The number of hydrogen-bond acceptors (Lipinski definition) is 3. The van der Waals surface area contributed by atoms with Crippen molar-refractivity contribution in [2.45, 2.75) is 6.23 Å². The third kappa shape index (κ3) is 1.08. The van der Waals surface area contributed by atoms with Crippen molar-refractivity contribution < 1.29 is 5.11 Å². The zero-order valence-electron chi connectivity index (χ0n) is 4.00. The van der Waals surface area contributed by atoms with Gasteiger partial charge in [0, 0.05) is 17.4 Å². The van der Waals surface area contributed by atoms with Crippen molar-refractivity contribution in [1.82, 2.24) is 0 Å². The summed E-state index contributed by atoms with van der Waals surface area (Å²) in [5.74, 6) is 2.46. The van der Waals surface area contributed by atoms with Crippen LogP contribution >= 0.6 is 11.8 Å². The van der Waals surface area contributed by atoms with Crippen LogP contribution in [0.5, 0.6) is 0 Å². The van der Waals surface area contributed by atoms with Gasteiger partial charge in [0.05, 0.1) is 0 Å². The van der Waals surface area contributed by atoms with Crippen LogP contribution in [0.3, 0.4) is 0 Å². The van der Waals surface area contributed by atoms with Crippen LogP contribution in [0.15, 0.2) is 0 Å². The molecule has 42 valence electrons. The van der Waals surface area contributed by atoms with Gasteiger partial charge in [-0.05, 0) is 0 Å². The molecule has 0 saturated carbocycles. The van der Waals surface area contributed by atoms with Crippen LogP contribution in [-0.4, -0.2) is 22.8 Å². The van der Waals surface area contributed by atoms with Crippen molar-refractivity contribution in [1.29, 1.82) is 0 Å². The lowest BCUT2D eigenvalue weighted by atomic mass is 10.2. The van der Waals surface area contributed by atoms with Crippen molar-refractivity contribution >= 4 is 11.8 Å². The Morgan fingerprint density at radius 2 is 2.29 bits per heavy atom. The molecule has 0 spiro atoms. The summed E-state index contributed by atoms with van der Waals surface area (Å²) in [4.78, 5) is 0. The third-order valence-electron chi connectivity index (χ3n) is 1.15. The summed E-state index contributed by atoms with van der Waals surface area (Å²) in [6, 6.07) is 0. The molecule has 3 N–H and O–H groups in total. The number of thioether (sulfide) groups is 1. The molecule has 3 heteroatoms. The second-order valence-corrected chi connectivity index (χ2v) is 2.86. The normalized spacial score (nSPS) is 26.6. The molecule has 0 aromatic carbocycles. The Bertz CT molecular complexity index is 62.7. The molecule has 1 aliphatic heterocycles. The van der Waals surface area contributed by atoms with E-state index in [4.69, 9.17) is 10.8 Å². The second kappa shape index (κ2) is 2.03. The van der Waals surface area contributed by atoms with Gasteiger partial charge in [0.25, 0.3) is 0 Å². The third-order valence-corrected chi connectivity index (χ3v) is 2.47. The molecule has 1 saturated heterocycles. The van der Waals surface area contributed by atoms with Crippen molar-refractivity contribution in [3.8, 4) is 0 Å². The highest BCUT2D eigenvalue weighted by molar-refractivity contribution is 8.00. The lowest BCUT2D eigenvalue weighted by Crippen LogP contribution is -2.37. The quantitative estimate of drug-likeness (QED) is 0.463. The van der Waals surface area contributed by atoms with Gasteiger partial charge in [-0.1, -0.05) is 0 Å². The predicted molar refractivity (Wildman–Crippen MR) is 31.0 cm³/mol. The fraction of sp³-hybridized carbons (Fsp3) is 1.00. The Morgan fingerprint density at radius 1 is 1.71 bits per heavy atom. The van der Waals surface area contributed by atoms with Crippen molar-refractivity contribution in [3.63, 3.8) is 0 Å². The number of nitrogens with two attached hydrogens (primary N) is 1. The van der Waals surface area contributed by atoms with E-state index in [1.54, 1.807) is 0 Å². The molecule has 0 bridgehead atoms. The molecule has 1 unspecified atom stereocenters. The van der Waals surface area contributed by atoms with E-state index in [1.807, 2.05) is 11.8 Å². The molecular formula is C4H9NOS. The summed E-state index contributed by atoms with van der Waals surface area (Å²) in [5.41, 5.74) is 5.14. The maximum absolute atomic E-state index is 8.64. The van der Waals surface area contributed by atoms with Crippen LogP contribution in [0.1, 0.15) is 0 Å². The minimum atomic E-state index is -0.568. The first-order valence-corrected chi connectivity index (χ1v) is 3.47. The summed E-state index contributed by atoms with van der Waals surface area (Å²) >= 11 is 1.83. The van der Waals surface area contributed by atoms with Gasteiger partial charge < -0.3 is 10.8 Å². The standard InChI is InChI=1S/C4H9NOS/c5-4(6)3-1-7-2-3/h3-4,6H,1-2,5H2. The lowest BCUT2D eigenvalue weighted by molar-refractivity contribution is 0.132. The lowest BCUT2D eigenvalue weighted by Gasteiger charge is -2.26. The topological polar surface area (TPSA) is 46.2 Å². The van der Waals surface area contributed by atoms with Crippen molar-refractivity contribution in [3.05, 3.63) is 0 Å². The highest BCUT2D eigenvalue weighted by Crippen LogP contribution is 2.25. The van der Waals surface area contributed by atoms with Gasteiger partial charge in [0.2, 0.25) is 0 Å². The van der Waals surface area contributed by atoms with E-state index < -0.39 is 6.23 Å². The molecule has 0 radical (unpaired) electrons. The molecule has 1 heterocycles. The minimum Gasteiger partial charge on any atom is -0.378 e. The molecular weight excluding hydrogens is 110 g/mol. The van der Waals surface area contributed by atoms with E-state index in [2.05, 4.69) is 0 Å². The summed E-state index contributed by atoms with van der Waals surface area (Å²) in [7, 11) is 0. The monoisotopic (exact) mass is 119 g/mol. The van der Waals surface area contributed by atoms with E-state index in [9.17, 15) is 0 Å². The van der Waals surface area contributed by atoms with E-state index in [0.29, 0.717) is 5.92 Å². The molecule has 0 aliphatic carbocycles. The molecule has 1 fully saturated rings. The zero-order chi connectivity index (χ0) is 5.28. The molecule has 2 nitrogen and oxygen atoms in total. The second-order valence-electron chi connectivity index (χ2n) is 1.79. The first-order chi connectivity index (χ1) is 3.30. The summed E-state index contributed by atoms with van der Waals surface area (Å²) in [6.07, 6.45) is -0.568. The largest absolute Gasteiger partial charge is 0.378 e. The Kier molecular flexibility index (Phi) is 1.57. The Labute approximate surface area is 47.1 Å². The number of aliphatic hydroxyl groups excluding tert-OH is 1. The number of aliphatic hydroxyl groups is 1. The van der Waals surface area contributed by atoms with E-state index in [0.717, 1.165) is 11.5 Å². The highest BCUT2D eigenvalue weighted by atomic mass is 32.2. The Hall–Kier alpha value is 0.270. The minimum absolute atomic E-state index is 0.380. The maximum Gasteiger partial charge on any atom is 0.106 e. The highest BCUT2D eigenvalue weighted by Gasteiger charge is 2.22. The van der Waals surface area contributed by atoms with Gasteiger partial charge in [0.15, 0.2) is 0 Å². The van der Waals surface area contributed by atoms with E-state index in [1.165, 1.54) is 0 Å². The Morgan fingerprint density at radius 3 is 2.29 bits per heavy atom. The fourth-order valence-electron chi connectivity index (χ4n) is 0.451. The van der Waals surface area contributed by atoms with Gasteiger partial charge in [-0.2, -0.15) is 11.8 Å². The van der Waals surface area contributed by atoms with Gasteiger partial charge in [-0.25, -0.2) is 0 Å². The SMILES string of the molecule is NC(O)C1CSC1. The average molecular weight is 119 g/mol. The van der Waals surface area contributed by atoms with Gasteiger partial charge >= 0.3 is 0 Å². The van der Waals surface area contributed by atoms with Gasteiger partial charge in [-0.3, -0.25) is 0 Å². The summed E-state index contributed by atoms with van der Waals surface area (Å²) in [6.45, 7) is 0. The molecule has 0 aromatic heterocycles. The van der Waals surface area contributed by atoms with Crippen LogP contribution in [0.2, 0.25) is 0 Å². The average Bonchev–Trinajstić information content (AvgIpc) is 1.23. The van der Waals surface area contributed by atoms with Crippen LogP contribution in [-0.2, 0) is 0 Å². The van der Waals surface area contributed by atoms with Gasteiger partial charge in [-0.15, -0.1) is 0 Å². The van der Waals surface area contributed by atoms with E-state index in [-0.39, 0.29) is 0 Å². The van der Waals surface area contributed by atoms with Gasteiger partial charge in [0.1, 0.15) is 6.23 Å². The van der Waals surface area contributed by atoms with Crippen molar-refractivity contribution in [2.24, 2.45) is 11.7 Å². The van der Waals surface area contributed by atoms with Crippen LogP contribution in [0.25, 0.3) is 0 Å². The molecule has 1 atom stereocenters. The summed E-state index contributed by atoms with van der Waals surface area (Å²) < 4.78 is 0. The molecule has 1 aliphatic rings. The van der Waals surface area contributed by atoms with Crippen molar-refractivity contribution in [2.75, 3.05) is 11.5 Å².